The van der Waals surface area contributed by atoms with Crippen LogP contribution in [0.2, 0.25) is 0 Å². The summed E-state index contributed by atoms with van der Waals surface area (Å²) in [6, 6.07) is 2.82. The third-order valence-electron chi connectivity index (χ3n) is 2.72. The van der Waals surface area contributed by atoms with Crippen LogP contribution in [0.15, 0.2) is 45.6 Å². The fraction of sp³-hybridized carbons (Fsp3) is 0.286. The first-order chi connectivity index (χ1) is 9.79. The van der Waals surface area contributed by atoms with Crippen LogP contribution in [0, 0.1) is 0 Å². The predicted molar refractivity (Wildman–Crippen MR) is 78.8 cm³/mol. The smallest absolute Gasteiger partial charge is 0.335 e. The summed E-state index contributed by atoms with van der Waals surface area (Å²) in [5, 5.41) is 9.65. The first-order valence-corrected chi connectivity index (χ1v) is 7.06. The Morgan fingerprint density at radius 3 is 2.62 bits per heavy atom. The molecule has 7 heteroatoms. The first kappa shape index (κ1) is 15.2. The molecule has 0 aromatic carbocycles. The summed E-state index contributed by atoms with van der Waals surface area (Å²) >= 11 is 1.06. The Bertz CT molecular complexity index is 735. The highest BCUT2D eigenvalue weighted by molar-refractivity contribution is 7.99. The van der Waals surface area contributed by atoms with Gasteiger partial charge in [-0.1, -0.05) is 0 Å². The average molecular weight is 305 g/mol. The number of hydrogen-bond donors (Lipinski definition) is 1. The minimum atomic E-state index is -1.03. The maximum atomic E-state index is 12.4. The van der Waals surface area contributed by atoms with Crippen molar-refractivity contribution in [3.05, 3.63) is 46.6 Å². The van der Waals surface area contributed by atoms with Gasteiger partial charge in [-0.05, 0) is 44.7 Å². The number of pyridine rings is 1. The van der Waals surface area contributed by atoms with Crippen LogP contribution in [0.5, 0.6) is 0 Å². The first-order valence-electron chi connectivity index (χ1n) is 6.24. The van der Waals surface area contributed by atoms with Crippen LogP contribution in [0.3, 0.4) is 0 Å². The van der Waals surface area contributed by atoms with Gasteiger partial charge in [0.1, 0.15) is 5.03 Å². The van der Waals surface area contributed by atoms with E-state index in [2.05, 4.69) is 9.97 Å². The molecule has 0 bridgehead atoms. The van der Waals surface area contributed by atoms with Crippen LogP contribution in [0.4, 0.5) is 0 Å². The van der Waals surface area contributed by atoms with Gasteiger partial charge in [-0.25, -0.2) is 14.8 Å². The molecular formula is C14H15N3O3S. The molecule has 0 saturated carbocycles. The molecule has 2 aromatic heterocycles. The highest BCUT2D eigenvalue weighted by Gasteiger charge is 2.17. The van der Waals surface area contributed by atoms with Crippen molar-refractivity contribution in [2.45, 2.75) is 36.4 Å². The van der Waals surface area contributed by atoms with Crippen molar-refractivity contribution in [1.82, 2.24) is 14.5 Å². The molecule has 110 valence electrons. The lowest BCUT2D eigenvalue weighted by Gasteiger charge is -2.22. The normalized spacial score (nSPS) is 11.4. The minimum Gasteiger partial charge on any atom is -0.478 e. The molecule has 6 nitrogen and oxygen atoms in total. The van der Waals surface area contributed by atoms with Gasteiger partial charge in [-0.3, -0.25) is 4.79 Å². The average Bonchev–Trinajstić information content (AvgIpc) is 2.40. The second-order valence-electron chi connectivity index (χ2n) is 5.37. The number of aromatic carboxylic acids is 1. The van der Waals surface area contributed by atoms with E-state index >= 15 is 0 Å². The molecule has 0 spiro atoms. The summed E-state index contributed by atoms with van der Waals surface area (Å²) in [5.74, 6) is -1.03. The highest BCUT2D eigenvalue weighted by Crippen LogP contribution is 2.22. The van der Waals surface area contributed by atoms with E-state index in [0.29, 0.717) is 5.03 Å². The number of carboxylic acid groups (broad SMARTS) is 1. The molecule has 1 N–H and O–H groups in total. The molecule has 0 atom stereocenters. The number of carboxylic acids is 1. The Morgan fingerprint density at radius 2 is 2.00 bits per heavy atom. The van der Waals surface area contributed by atoms with E-state index in [1.54, 1.807) is 17.0 Å². The lowest BCUT2D eigenvalue weighted by molar-refractivity contribution is 0.0696. The highest BCUT2D eigenvalue weighted by atomic mass is 32.2. The maximum absolute atomic E-state index is 12.4. The quantitative estimate of drug-likeness (QED) is 0.936. The molecule has 2 rings (SSSR count). The van der Waals surface area contributed by atoms with E-state index < -0.39 is 5.97 Å². The van der Waals surface area contributed by atoms with Crippen molar-refractivity contribution in [3.8, 4) is 0 Å². The van der Waals surface area contributed by atoms with Crippen LogP contribution < -0.4 is 5.56 Å². The number of rotatable bonds is 3. The third kappa shape index (κ3) is 3.49. The van der Waals surface area contributed by atoms with Crippen LogP contribution in [0.25, 0.3) is 0 Å². The zero-order valence-electron chi connectivity index (χ0n) is 11.9. The Kier molecular flexibility index (Phi) is 4.13. The van der Waals surface area contributed by atoms with Gasteiger partial charge in [0.25, 0.3) is 5.56 Å². The molecule has 0 aliphatic carbocycles. The zero-order chi connectivity index (χ0) is 15.6. The standard InChI is InChI=1S/C14H15N3O3S/c1-14(2,3)17-7-6-16-11(12(17)18)21-10-8-9(13(19)20)4-5-15-10/h4-8H,1-3H3,(H,19,20). The number of nitrogens with zero attached hydrogens (tertiary/aromatic N) is 3. The Labute approximate surface area is 125 Å². The summed E-state index contributed by atoms with van der Waals surface area (Å²) in [5.41, 5.74) is -0.455. The molecule has 0 aliphatic heterocycles. The van der Waals surface area contributed by atoms with Crippen molar-refractivity contribution < 1.29 is 9.90 Å². The molecule has 0 saturated heterocycles. The number of hydrogen-bond acceptors (Lipinski definition) is 5. The second kappa shape index (κ2) is 5.69. The van der Waals surface area contributed by atoms with E-state index in [0.717, 1.165) is 11.8 Å². The van der Waals surface area contributed by atoms with E-state index in [-0.39, 0.29) is 21.7 Å². The SMILES string of the molecule is CC(C)(C)n1ccnc(Sc2cc(C(=O)O)ccn2)c1=O. The topological polar surface area (TPSA) is 85.1 Å². The van der Waals surface area contributed by atoms with Gasteiger partial charge >= 0.3 is 5.97 Å². The summed E-state index contributed by atoms with van der Waals surface area (Å²) in [6.45, 7) is 5.77. The van der Waals surface area contributed by atoms with Gasteiger partial charge in [-0.15, -0.1) is 0 Å². The maximum Gasteiger partial charge on any atom is 0.335 e. The zero-order valence-corrected chi connectivity index (χ0v) is 12.7. The third-order valence-corrected chi connectivity index (χ3v) is 3.62. The molecule has 2 aromatic rings. The lowest BCUT2D eigenvalue weighted by Crippen LogP contribution is -2.34. The summed E-state index contributed by atoms with van der Waals surface area (Å²) in [4.78, 5) is 31.4. The molecule has 21 heavy (non-hydrogen) atoms. The largest absolute Gasteiger partial charge is 0.478 e. The van der Waals surface area contributed by atoms with Crippen LogP contribution in [-0.2, 0) is 5.54 Å². The summed E-state index contributed by atoms with van der Waals surface area (Å²) in [6.07, 6.45) is 4.58. The Hall–Kier alpha value is -2.15. The van der Waals surface area contributed by atoms with E-state index in [9.17, 15) is 9.59 Å². The lowest BCUT2D eigenvalue weighted by atomic mass is 10.1. The van der Waals surface area contributed by atoms with E-state index in [4.69, 9.17) is 5.11 Å². The molecule has 0 fully saturated rings. The van der Waals surface area contributed by atoms with Gasteiger partial charge in [0.05, 0.1) is 5.56 Å². The van der Waals surface area contributed by atoms with Crippen LogP contribution in [-0.4, -0.2) is 25.6 Å². The number of aromatic nitrogens is 3. The van der Waals surface area contributed by atoms with Crippen molar-refractivity contribution in [2.75, 3.05) is 0 Å². The monoisotopic (exact) mass is 305 g/mol. The summed E-state index contributed by atoms with van der Waals surface area (Å²) < 4.78 is 1.59. The van der Waals surface area contributed by atoms with Crippen LogP contribution >= 0.6 is 11.8 Å². The fourth-order valence-electron chi connectivity index (χ4n) is 1.69. The second-order valence-corrected chi connectivity index (χ2v) is 6.38. The number of carbonyl (C=O) groups is 1. The van der Waals surface area contributed by atoms with Gasteiger partial charge < -0.3 is 9.67 Å². The Balaban J connectivity index is 2.39. The molecule has 2 heterocycles. The van der Waals surface area contributed by atoms with Gasteiger partial charge in [0, 0.05) is 24.1 Å². The van der Waals surface area contributed by atoms with Crippen molar-refractivity contribution in [1.29, 1.82) is 0 Å². The van der Waals surface area contributed by atoms with Gasteiger partial charge in [0.15, 0.2) is 5.03 Å². The van der Waals surface area contributed by atoms with Crippen LogP contribution in [0.1, 0.15) is 31.1 Å². The summed E-state index contributed by atoms with van der Waals surface area (Å²) in [7, 11) is 0. The van der Waals surface area contributed by atoms with Crippen molar-refractivity contribution in [2.24, 2.45) is 0 Å². The van der Waals surface area contributed by atoms with Gasteiger partial charge in [-0.2, -0.15) is 0 Å². The molecular weight excluding hydrogens is 290 g/mol. The Morgan fingerprint density at radius 1 is 1.29 bits per heavy atom. The van der Waals surface area contributed by atoms with E-state index in [1.165, 1.54) is 18.3 Å². The minimum absolute atomic E-state index is 0.125. The van der Waals surface area contributed by atoms with Gasteiger partial charge in [0.2, 0.25) is 0 Å². The van der Waals surface area contributed by atoms with Crippen molar-refractivity contribution >= 4 is 17.7 Å². The van der Waals surface area contributed by atoms with E-state index in [1.807, 2.05) is 20.8 Å². The molecule has 0 radical (unpaired) electrons. The molecule has 0 aliphatic rings. The molecule has 0 unspecified atom stereocenters. The fourth-order valence-corrected chi connectivity index (χ4v) is 2.49. The predicted octanol–water partition coefficient (Wildman–Crippen LogP) is 2.24. The van der Waals surface area contributed by atoms with Crippen molar-refractivity contribution in [3.63, 3.8) is 0 Å². The molecule has 0 amide bonds.